The van der Waals surface area contributed by atoms with Crippen LogP contribution in [0.3, 0.4) is 0 Å². The van der Waals surface area contributed by atoms with Crippen LogP contribution in [0, 0.1) is 11.3 Å². The maximum absolute atomic E-state index is 9.74. The topological polar surface area (TPSA) is 135 Å². The van der Waals surface area contributed by atoms with Crippen LogP contribution in [0.2, 0.25) is 18.1 Å². The highest BCUT2D eigenvalue weighted by atomic mass is 31.2. The molecule has 1 aliphatic rings. The van der Waals surface area contributed by atoms with E-state index in [4.69, 9.17) is 47.4 Å². The molecule has 0 saturated carbocycles. The van der Waals surface area contributed by atoms with Gasteiger partial charge in [0.05, 0.1) is 46.3 Å². The van der Waals surface area contributed by atoms with Crippen molar-refractivity contribution in [1.29, 1.82) is 5.26 Å². The maximum atomic E-state index is 9.74. The molecule has 13 nitrogen and oxygen atoms in total. The predicted octanol–water partition coefficient (Wildman–Crippen LogP) is 13.8. The fourth-order valence-electron chi connectivity index (χ4n) is 9.85. The molecule has 1 saturated heterocycles. The number of benzene rings is 6. The standard InChI is InChI=1S/C60H69N6O7PSi/c1-40(2)66(41(3)4)74(70-33-17-32-61)72-55-52(37-69-60(47-20-13-12-14-21-47,48-24-28-50(67-8)29-25-48)49-26-30-51(68-9)31-27-49)71-58(56(55)73-75(10,11)59(5,6)7)65-39-64-54-53(62-38-63-57(54)65)45-23-22-44-34-42-18-15-16-19-43(42)35-46(44)36-45/h12-16,18-31,34-36,38-41,52,55-56,58H,17,33,37H2,1-11H3/t52-,55-,56-,58-,74?/m1/s1. The van der Waals surface area contributed by atoms with E-state index in [9.17, 15) is 5.26 Å². The zero-order valence-electron chi connectivity index (χ0n) is 44.9. The molecule has 9 rings (SSSR count). The number of imidazole rings is 1. The van der Waals surface area contributed by atoms with Gasteiger partial charge in [-0.05, 0) is 127 Å². The second-order valence-electron chi connectivity index (χ2n) is 21.1. The smallest absolute Gasteiger partial charge is 0.259 e. The lowest BCUT2D eigenvalue weighted by molar-refractivity contribution is -0.0926. The van der Waals surface area contributed by atoms with E-state index in [-0.39, 0.29) is 36.8 Å². The van der Waals surface area contributed by atoms with Crippen LogP contribution in [-0.2, 0) is 28.5 Å². The number of rotatable bonds is 20. The molecular weight excluding hydrogens is 976 g/mol. The third-order valence-electron chi connectivity index (χ3n) is 14.6. The molecule has 0 aliphatic carbocycles. The Morgan fingerprint density at radius 1 is 0.720 bits per heavy atom. The lowest BCUT2D eigenvalue weighted by atomic mass is 9.80. The van der Waals surface area contributed by atoms with Gasteiger partial charge in [0.25, 0.3) is 8.53 Å². The van der Waals surface area contributed by atoms with Crippen LogP contribution in [0.25, 0.3) is 44.0 Å². The second kappa shape index (κ2) is 22.6. The fourth-order valence-corrected chi connectivity index (χ4v) is 12.9. The first kappa shape index (κ1) is 53.7. The predicted molar refractivity (Wildman–Crippen MR) is 300 cm³/mol. The van der Waals surface area contributed by atoms with E-state index in [1.165, 1.54) is 10.8 Å². The molecule has 0 spiro atoms. The first-order valence-electron chi connectivity index (χ1n) is 25.7. The molecule has 75 heavy (non-hydrogen) atoms. The number of nitrogens with zero attached hydrogens (tertiary/aromatic N) is 6. The van der Waals surface area contributed by atoms with Crippen molar-refractivity contribution in [3.8, 4) is 28.8 Å². The second-order valence-corrected chi connectivity index (χ2v) is 27.3. The highest BCUT2D eigenvalue weighted by molar-refractivity contribution is 7.44. The summed E-state index contributed by atoms with van der Waals surface area (Å²) in [4.78, 5) is 14.9. The lowest BCUT2D eigenvalue weighted by Gasteiger charge is -2.42. The molecule has 5 atom stereocenters. The first-order chi connectivity index (χ1) is 36.1. The Bertz CT molecular complexity index is 3200. The maximum Gasteiger partial charge on any atom is 0.259 e. The zero-order valence-corrected chi connectivity index (χ0v) is 46.8. The molecule has 0 N–H and O–H groups in total. The van der Waals surface area contributed by atoms with E-state index in [1.54, 1.807) is 26.9 Å². The summed E-state index contributed by atoms with van der Waals surface area (Å²) in [6.45, 7) is 19.9. The number of hydrogen-bond acceptors (Lipinski definition) is 12. The summed E-state index contributed by atoms with van der Waals surface area (Å²) >= 11 is 0. The molecule has 0 amide bonds. The van der Waals surface area contributed by atoms with E-state index in [0.717, 1.165) is 44.5 Å². The summed E-state index contributed by atoms with van der Waals surface area (Å²) < 4.78 is 52.6. The third-order valence-corrected chi connectivity index (χ3v) is 21.2. The van der Waals surface area contributed by atoms with Gasteiger partial charge in [-0.1, -0.05) is 112 Å². The highest BCUT2D eigenvalue weighted by Crippen LogP contribution is 2.53. The van der Waals surface area contributed by atoms with E-state index >= 15 is 0 Å². The van der Waals surface area contributed by atoms with Gasteiger partial charge in [0.2, 0.25) is 0 Å². The quantitative estimate of drug-likeness (QED) is 0.0236. The van der Waals surface area contributed by atoms with E-state index < -0.39 is 47.0 Å². The third kappa shape index (κ3) is 11.0. The lowest BCUT2D eigenvalue weighted by Crippen LogP contribution is -2.50. The minimum absolute atomic E-state index is 0.0307. The van der Waals surface area contributed by atoms with Gasteiger partial charge in [-0.3, -0.25) is 4.57 Å². The van der Waals surface area contributed by atoms with Crippen LogP contribution in [-0.4, -0.2) is 90.3 Å². The molecule has 0 radical (unpaired) electrons. The van der Waals surface area contributed by atoms with Crippen LogP contribution in [0.4, 0.5) is 0 Å². The largest absolute Gasteiger partial charge is 0.497 e. The Morgan fingerprint density at radius 3 is 1.89 bits per heavy atom. The van der Waals surface area contributed by atoms with E-state index in [0.29, 0.717) is 16.9 Å². The van der Waals surface area contributed by atoms with Crippen LogP contribution in [0.1, 0.15) is 77.8 Å². The molecule has 3 heterocycles. The van der Waals surface area contributed by atoms with Crippen molar-refractivity contribution >= 4 is 49.6 Å². The number of hydrogen-bond donors (Lipinski definition) is 0. The summed E-state index contributed by atoms with van der Waals surface area (Å²) in [7, 11) is -1.12. The van der Waals surface area contributed by atoms with Gasteiger partial charge in [0.15, 0.2) is 20.2 Å². The van der Waals surface area contributed by atoms with Crippen LogP contribution in [0.5, 0.6) is 11.5 Å². The van der Waals surface area contributed by atoms with Gasteiger partial charge in [-0.15, -0.1) is 0 Å². The number of nitriles is 1. The van der Waals surface area contributed by atoms with Gasteiger partial charge < -0.3 is 32.4 Å². The Morgan fingerprint density at radius 2 is 1.31 bits per heavy atom. The summed E-state index contributed by atoms with van der Waals surface area (Å²) in [5, 5.41) is 14.1. The molecule has 1 aliphatic heterocycles. The highest BCUT2D eigenvalue weighted by Gasteiger charge is 2.54. The molecule has 1 fully saturated rings. The number of fused-ring (bicyclic) bond motifs is 3. The van der Waals surface area contributed by atoms with Crippen LogP contribution >= 0.6 is 8.53 Å². The van der Waals surface area contributed by atoms with Gasteiger partial charge in [-0.2, -0.15) is 5.26 Å². The van der Waals surface area contributed by atoms with Crippen molar-refractivity contribution in [3.63, 3.8) is 0 Å². The molecule has 390 valence electrons. The number of methoxy groups -OCH3 is 2. The summed E-state index contributed by atoms with van der Waals surface area (Å²) in [6, 6.07) is 47.8. The van der Waals surface area contributed by atoms with Crippen molar-refractivity contribution in [3.05, 3.63) is 163 Å². The van der Waals surface area contributed by atoms with Crippen molar-refractivity contribution in [2.24, 2.45) is 0 Å². The van der Waals surface area contributed by atoms with Crippen molar-refractivity contribution < 1.29 is 32.4 Å². The van der Waals surface area contributed by atoms with Crippen molar-refractivity contribution in [1.82, 2.24) is 24.2 Å². The van der Waals surface area contributed by atoms with Gasteiger partial charge in [0.1, 0.15) is 52.9 Å². The molecule has 2 aromatic heterocycles. The minimum atomic E-state index is -2.64. The monoisotopic (exact) mass is 1040 g/mol. The minimum Gasteiger partial charge on any atom is -0.497 e. The normalized spacial score (nSPS) is 17.9. The van der Waals surface area contributed by atoms with Gasteiger partial charge in [0, 0.05) is 17.6 Å². The molecule has 1 unspecified atom stereocenters. The Labute approximate surface area is 443 Å². The van der Waals surface area contributed by atoms with E-state index in [1.807, 2.05) is 71.3 Å². The van der Waals surface area contributed by atoms with Gasteiger partial charge >= 0.3 is 0 Å². The van der Waals surface area contributed by atoms with Crippen molar-refractivity contribution in [2.45, 2.75) is 115 Å². The fraction of sp³-hybridized carbons (Fsp3) is 0.367. The van der Waals surface area contributed by atoms with Crippen LogP contribution in [0.15, 0.2) is 146 Å². The first-order valence-corrected chi connectivity index (χ1v) is 29.8. The molecule has 6 aromatic carbocycles. The van der Waals surface area contributed by atoms with E-state index in [2.05, 4.69) is 139 Å². The van der Waals surface area contributed by atoms with Gasteiger partial charge in [-0.25, -0.2) is 19.6 Å². The summed E-state index contributed by atoms with van der Waals surface area (Å²) in [5.41, 5.74) is 4.31. The van der Waals surface area contributed by atoms with Crippen LogP contribution < -0.4 is 9.47 Å². The molecular formula is C60H69N6O7PSi. The summed E-state index contributed by atoms with van der Waals surface area (Å²) in [5.74, 6) is 1.43. The Balaban J connectivity index is 1.21. The Kier molecular flexibility index (Phi) is 16.2. The van der Waals surface area contributed by atoms with Crippen molar-refractivity contribution in [2.75, 3.05) is 27.4 Å². The Hall–Kier alpha value is -6.11. The SMILES string of the molecule is COc1ccc(C(OC[C@H]2O[C@@H](n3cnc4c(-c5ccc6cc7ccccc7cc6c5)ncnc43)[C@H](O[Si](C)(C)C(C)(C)C)[C@@H]2OP(OCCC#N)N(C(C)C)C(C)C)(c2ccccc2)c2ccc(OC)cc2)cc1. The molecule has 15 heteroatoms. The number of aromatic nitrogens is 4. The average molecular weight is 1050 g/mol. The molecule has 8 aromatic rings. The zero-order chi connectivity index (χ0) is 53.1. The summed E-state index contributed by atoms with van der Waals surface area (Å²) in [6.07, 6.45) is 0.528. The molecule has 0 bridgehead atoms. The average Bonchev–Trinajstić information content (AvgIpc) is 3.98. The number of ether oxygens (including phenoxy) is 4.